The van der Waals surface area contributed by atoms with Gasteiger partial charge in [0.25, 0.3) is 11.5 Å². The van der Waals surface area contributed by atoms with E-state index in [1.807, 2.05) is 0 Å². The van der Waals surface area contributed by atoms with E-state index in [9.17, 15) is 14.4 Å². The van der Waals surface area contributed by atoms with Crippen LogP contribution in [0.4, 0.5) is 4.79 Å². The van der Waals surface area contributed by atoms with Crippen molar-refractivity contribution in [1.82, 2.24) is 19.7 Å². The Morgan fingerprint density at radius 1 is 1.33 bits per heavy atom. The minimum atomic E-state index is -0.713. The standard InChI is InChI=1S/C16H18N4O4/c1-9-7-11(20-6-5-12(21)18-20)13-10(17-9)8-19(14(13)22)15(23)24-16(2,3)4/h5-7H,8H2,1-4H3,(H,18,21). The lowest BCUT2D eigenvalue weighted by Gasteiger charge is -2.23. The number of fused-ring (bicyclic) bond motifs is 1. The van der Waals surface area contributed by atoms with Crippen LogP contribution in [0, 0.1) is 6.92 Å². The summed E-state index contributed by atoms with van der Waals surface area (Å²) in [6.07, 6.45) is 0.816. The Hall–Kier alpha value is -2.90. The molecule has 126 valence electrons. The van der Waals surface area contributed by atoms with E-state index < -0.39 is 17.6 Å². The van der Waals surface area contributed by atoms with Gasteiger partial charge in [-0.2, -0.15) is 0 Å². The Morgan fingerprint density at radius 3 is 2.62 bits per heavy atom. The van der Waals surface area contributed by atoms with Gasteiger partial charge in [0.15, 0.2) is 0 Å². The number of hydrogen-bond donors (Lipinski definition) is 1. The first-order valence-corrected chi connectivity index (χ1v) is 7.49. The molecule has 2 aromatic rings. The van der Waals surface area contributed by atoms with Gasteiger partial charge in [0, 0.05) is 18.0 Å². The van der Waals surface area contributed by atoms with E-state index in [4.69, 9.17) is 4.74 Å². The zero-order valence-electron chi connectivity index (χ0n) is 13.9. The van der Waals surface area contributed by atoms with E-state index >= 15 is 0 Å². The van der Waals surface area contributed by atoms with Crippen molar-refractivity contribution in [3.8, 4) is 5.69 Å². The van der Waals surface area contributed by atoms with E-state index in [0.717, 1.165) is 4.90 Å². The Kier molecular flexibility index (Phi) is 3.55. The lowest BCUT2D eigenvalue weighted by Crippen LogP contribution is -2.37. The zero-order valence-corrected chi connectivity index (χ0v) is 13.9. The van der Waals surface area contributed by atoms with Crippen LogP contribution in [0.5, 0.6) is 0 Å². The third kappa shape index (κ3) is 2.82. The summed E-state index contributed by atoms with van der Waals surface area (Å²) >= 11 is 0. The van der Waals surface area contributed by atoms with Crippen molar-refractivity contribution in [3.05, 3.63) is 45.6 Å². The number of aromatic nitrogens is 3. The molecule has 1 N–H and O–H groups in total. The van der Waals surface area contributed by atoms with Crippen LogP contribution in [0.25, 0.3) is 5.69 Å². The van der Waals surface area contributed by atoms with Crippen LogP contribution in [-0.2, 0) is 11.3 Å². The molecule has 8 nitrogen and oxygen atoms in total. The van der Waals surface area contributed by atoms with Gasteiger partial charge < -0.3 is 4.74 Å². The molecule has 0 aliphatic carbocycles. The molecule has 0 spiro atoms. The van der Waals surface area contributed by atoms with Crippen molar-refractivity contribution < 1.29 is 14.3 Å². The third-order valence-corrected chi connectivity index (χ3v) is 3.45. The molecule has 3 rings (SSSR count). The first-order chi connectivity index (χ1) is 11.2. The largest absolute Gasteiger partial charge is 0.443 e. The molecule has 2 aromatic heterocycles. The van der Waals surface area contributed by atoms with E-state index in [2.05, 4.69) is 10.1 Å². The lowest BCUT2D eigenvalue weighted by atomic mass is 10.1. The molecule has 0 saturated heterocycles. The highest BCUT2D eigenvalue weighted by atomic mass is 16.6. The summed E-state index contributed by atoms with van der Waals surface area (Å²) in [5, 5.41) is 2.60. The highest BCUT2D eigenvalue weighted by molar-refractivity contribution is 6.08. The van der Waals surface area contributed by atoms with Crippen molar-refractivity contribution in [2.75, 3.05) is 0 Å². The van der Waals surface area contributed by atoms with Crippen LogP contribution in [0.1, 0.15) is 42.5 Å². The van der Waals surface area contributed by atoms with Crippen LogP contribution in [0.2, 0.25) is 0 Å². The molecule has 8 heteroatoms. The SMILES string of the molecule is Cc1cc(-n2ccc(=O)[nH]2)c2c(n1)CN(C(=O)OC(C)(C)C)C2=O. The second kappa shape index (κ2) is 5.33. The number of nitrogens with one attached hydrogen (secondary N) is 1. The fraction of sp³-hybridized carbons (Fsp3) is 0.375. The van der Waals surface area contributed by atoms with Gasteiger partial charge in [-0.15, -0.1) is 0 Å². The normalized spacial score (nSPS) is 14.0. The third-order valence-electron chi connectivity index (χ3n) is 3.45. The number of pyridine rings is 1. The molecular weight excluding hydrogens is 312 g/mol. The van der Waals surface area contributed by atoms with Gasteiger partial charge in [-0.05, 0) is 33.8 Å². The number of aryl methyl sites for hydroxylation is 1. The fourth-order valence-electron chi connectivity index (χ4n) is 2.55. The number of imide groups is 1. The molecule has 24 heavy (non-hydrogen) atoms. The maximum Gasteiger partial charge on any atom is 0.417 e. The van der Waals surface area contributed by atoms with Gasteiger partial charge in [0.05, 0.1) is 23.5 Å². The first kappa shape index (κ1) is 16.0. The number of H-pyrrole nitrogens is 1. The van der Waals surface area contributed by atoms with E-state index in [1.165, 1.54) is 16.9 Å². The Bertz CT molecular complexity index is 888. The van der Waals surface area contributed by atoms with Crippen molar-refractivity contribution >= 4 is 12.0 Å². The first-order valence-electron chi connectivity index (χ1n) is 7.49. The highest BCUT2D eigenvalue weighted by Crippen LogP contribution is 2.28. The number of rotatable bonds is 1. The van der Waals surface area contributed by atoms with Crippen LogP contribution >= 0.6 is 0 Å². The van der Waals surface area contributed by atoms with Crippen molar-refractivity contribution in [2.24, 2.45) is 0 Å². The predicted octanol–water partition coefficient (Wildman–Crippen LogP) is 1.76. The van der Waals surface area contributed by atoms with Crippen molar-refractivity contribution in [1.29, 1.82) is 0 Å². The zero-order chi connectivity index (χ0) is 17.6. The minimum Gasteiger partial charge on any atom is -0.443 e. The van der Waals surface area contributed by atoms with Crippen LogP contribution in [-0.4, -0.2) is 37.3 Å². The molecule has 0 radical (unpaired) electrons. The monoisotopic (exact) mass is 330 g/mol. The summed E-state index contributed by atoms with van der Waals surface area (Å²) in [7, 11) is 0. The number of amides is 2. The molecule has 0 aromatic carbocycles. The summed E-state index contributed by atoms with van der Waals surface area (Å²) in [4.78, 5) is 41.8. The topological polar surface area (TPSA) is 97.3 Å². The number of hydrogen-bond acceptors (Lipinski definition) is 5. The van der Waals surface area contributed by atoms with Gasteiger partial charge in [0.2, 0.25) is 0 Å². The Balaban J connectivity index is 2.03. The lowest BCUT2D eigenvalue weighted by molar-refractivity contribution is 0.0247. The Labute approximate surface area is 138 Å². The van der Waals surface area contributed by atoms with E-state index in [0.29, 0.717) is 22.6 Å². The van der Waals surface area contributed by atoms with E-state index in [-0.39, 0.29) is 12.1 Å². The molecule has 3 heterocycles. The summed E-state index contributed by atoms with van der Waals surface area (Å²) < 4.78 is 6.73. The molecule has 0 saturated carbocycles. The summed E-state index contributed by atoms with van der Waals surface area (Å²) in [6, 6.07) is 3.04. The minimum absolute atomic E-state index is 0.0449. The van der Waals surface area contributed by atoms with Crippen molar-refractivity contribution in [3.63, 3.8) is 0 Å². The maximum atomic E-state index is 12.7. The quantitative estimate of drug-likeness (QED) is 0.859. The molecular formula is C16H18N4O4. The number of aromatic amines is 1. The molecule has 0 unspecified atom stereocenters. The average molecular weight is 330 g/mol. The molecule has 1 aliphatic heterocycles. The molecule has 0 atom stereocenters. The number of nitrogens with zero attached hydrogens (tertiary/aromatic N) is 3. The molecule has 0 bridgehead atoms. The van der Waals surface area contributed by atoms with Crippen LogP contribution in [0.3, 0.4) is 0 Å². The second-order valence-corrected chi connectivity index (χ2v) is 6.64. The van der Waals surface area contributed by atoms with Gasteiger partial charge >= 0.3 is 6.09 Å². The summed E-state index contributed by atoms with van der Waals surface area (Å²) in [5.74, 6) is -0.490. The highest BCUT2D eigenvalue weighted by Gasteiger charge is 2.38. The van der Waals surface area contributed by atoms with Gasteiger partial charge in [-0.3, -0.25) is 24.4 Å². The summed E-state index contributed by atoms with van der Waals surface area (Å²) in [6.45, 7) is 7.03. The van der Waals surface area contributed by atoms with Crippen LogP contribution in [0.15, 0.2) is 23.1 Å². The number of carbonyl (C=O) groups is 2. The number of carbonyl (C=O) groups excluding carboxylic acids is 2. The second-order valence-electron chi connectivity index (χ2n) is 6.64. The molecule has 0 fully saturated rings. The average Bonchev–Trinajstić information content (AvgIpc) is 3.00. The van der Waals surface area contributed by atoms with E-state index in [1.54, 1.807) is 33.8 Å². The maximum absolute atomic E-state index is 12.7. The summed E-state index contributed by atoms with van der Waals surface area (Å²) in [5.41, 5.74) is 0.943. The molecule has 2 amide bonds. The van der Waals surface area contributed by atoms with Gasteiger partial charge in [-0.1, -0.05) is 0 Å². The van der Waals surface area contributed by atoms with Crippen molar-refractivity contribution in [2.45, 2.75) is 39.8 Å². The predicted molar refractivity (Wildman–Crippen MR) is 85.0 cm³/mol. The van der Waals surface area contributed by atoms with Crippen LogP contribution < -0.4 is 5.56 Å². The number of ether oxygens (including phenoxy) is 1. The van der Waals surface area contributed by atoms with Gasteiger partial charge in [-0.25, -0.2) is 9.69 Å². The Morgan fingerprint density at radius 2 is 2.04 bits per heavy atom. The smallest absolute Gasteiger partial charge is 0.417 e. The van der Waals surface area contributed by atoms with Gasteiger partial charge in [0.1, 0.15) is 5.60 Å². The fourth-order valence-corrected chi connectivity index (χ4v) is 2.55. The molecule has 1 aliphatic rings.